The van der Waals surface area contributed by atoms with Crippen LogP contribution in [0.4, 0.5) is 0 Å². The second-order valence-corrected chi connectivity index (χ2v) is 5.95. The lowest BCUT2D eigenvalue weighted by Gasteiger charge is -2.00. The third-order valence-corrected chi connectivity index (χ3v) is 4.28. The first-order valence-electron chi connectivity index (χ1n) is 6.70. The van der Waals surface area contributed by atoms with E-state index in [0.29, 0.717) is 0 Å². The molecule has 0 spiro atoms. The summed E-state index contributed by atoms with van der Waals surface area (Å²) in [6.45, 7) is 0. The van der Waals surface area contributed by atoms with Crippen LogP contribution in [0, 0.1) is 3.57 Å². The average molecular weight is 384 g/mol. The molecule has 0 saturated carbocycles. The van der Waals surface area contributed by atoms with Crippen molar-refractivity contribution in [3.8, 4) is 0 Å². The lowest BCUT2D eigenvalue weighted by Crippen LogP contribution is -1.96. The van der Waals surface area contributed by atoms with Crippen LogP contribution in [0.15, 0.2) is 72.8 Å². The average Bonchev–Trinajstić information content (AvgIpc) is 2.53. The molecule has 0 bridgehead atoms. The van der Waals surface area contributed by atoms with Crippen molar-refractivity contribution < 1.29 is 4.79 Å². The third kappa shape index (κ3) is 3.22. The fraction of sp³-hybridized carbons (Fsp3) is 0. The molecule has 0 N–H and O–H groups in total. The van der Waals surface area contributed by atoms with Crippen molar-refractivity contribution in [1.29, 1.82) is 0 Å². The van der Waals surface area contributed by atoms with E-state index in [-0.39, 0.29) is 5.78 Å². The van der Waals surface area contributed by atoms with Crippen molar-refractivity contribution in [2.24, 2.45) is 0 Å². The lowest BCUT2D eigenvalue weighted by atomic mass is 10.1. The fourth-order valence-corrected chi connectivity index (χ4v) is 2.89. The van der Waals surface area contributed by atoms with Gasteiger partial charge >= 0.3 is 0 Å². The van der Waals surface area contributed by atoms with E-state index in [0.717, 1.165) is 14.7 Å². The lowest BCUT2D eigenvalue weighted by molar-refractivity contribution is 0.104. The smallest absolute Gasteiger partial charge is 0.186 e. The summed E-state index contributed by atoms with van der Waals surface area (Å²) in [6.07, 6.45) is 3.51. The highest BCUT2D eigenvalue weighted by molar-refractivity contribution is 14.1. The Kier molecular flexibility index (Phi) is 4.15. The van der Waals surface area contributed by atoms with Gasteiger partial charge in [0.15, 0.2) is 5.78 Å². The Morgan fingerprint density at radius 3 is 2.38 bits per heavy atom. The molecule has 0 aliphatic rings. The van der Waals surface area contributed by atoms with Gasteiger partial charge in [-0.2, -0.15) is 0 Å². The van der Waals surface area contributed by atoms with Gasteiger partial charge in [-0.3, -0.25) is 4.79 Å². The number of halogens is 1. The van der Waals surface area contributed by atoms with Crippen molar-refractivity contribution in [2.75, 3.05) is 0 Å². The van der Waals surface area contributed by atoms with Crippen LogP contribution >= 0.6 is 22.6 Å². The van der Waals surface area contributed by atoms with Crippen molar-refractivity contribution >= 4 is 45.2 Å². The maximum absolute atomic E-state index is 12.2. The van der Waals surface area contributed by atoms with E-state index in [1.165, 1.54) is 10.8 Å². The van der Waals surface area contributed by atoms with Gasteiger partial charge in [-0.15, -0.1) is 0 Å². The van der Waals surface area contributed by atoms with Gasteiger partial charge in [0, 0.05) is 9.13 Å². The molecule has 0 aromatic heterocycles. The van der Waals surface area contributed by atoms with Crippen LogP contribution < -0.4 is 0 Å². The van der Waals surface area contributed by atoms with Crippen molar-refractivity contribution in [1.82, 2.24) is 0 Å². The molecule has 0 fully saturated rings. The van der Waals surface area contributed by atoms with Crippen molar-refractivity contribution in [2.45, 2.75) is 0 Å². The number of carbonyl (C=O) groups excluding carboxylic acids is 1. The number of rotatable bonds is 3. The van der Waals surface area contributed by atoms with Gasteiger partial charge in [-0.1, -0.05) is 54.6 Å². The number of ketones is 1. The topological polar surface area (TPSA) is 17.1 Å². The summed E-state index contributed by atoms with van der Waals surface area (Å²) in [5.41, 5.74) is 1.78. The predicted molar refractivity (Wildman–Crippen MR) is 96.5 cm³/mol. The normalized spacial score (nSPS) is 11.1. The van der Waals surface area contributed by atoms with Crippen LogP contribution in [0.5, 0.6) is 0 Å². The van der Waals surface area contributed by atoms with Gasteiger partial charge in [-0.05, 0) is 63.2 Å². The van der Waals surface area contributed by atoms with Gasteiger partial charge in [0.2, 0.25) is 0 Å². The van der Waals surface area contributed by atoms with Gasteiger partial charge in [0.05, 0.1) is 0 Å². The molecule has 0 unspecified atom stereocenters. The molecule has 0 radical (unpaired) electrons. The second-order valence-electron chi connectivity index (χ2n) is 4.78. The fourth-order valence-electron chi connectivity index (χ4n) is 2.23. The Morgan fingerprint density at radius 1 is 0.857 bits per heavy atom. The molecule has 3 aromatic carbocycles. The van der Waals surface area contributed by atoms with Crippen LogP contribution in [0.1, 0.15) is 15.9 Å². The minimum atomic E-state index is 0.0353. The number of hydrogen-bond donors (Lipinski definition) is 0. The first-order valence-corrected chi connectivity index (χ1v) is 7.78. The summed E-state index contributed by atoms with van der Waals surface area (Å²) >= 11 is 2.19. The van der Waals surface area contributed by atoms with Crippen LogP contribution in [0.25, 0.3) is 16.8 Å². The molecule has 102 valence electrons. The molecule has 0 heterocycles. The standard InChI is InChI=1S/C19H13IO/c20-18-8-4-3-7-17(18)19(21)12-10-14-9-11-15-5-1-2-6-16(15)13-14/h1-13H/b12-10+. The molecule has 0 amide bonds. The Balaban J connectivity index is 1.87. The minimum Gasteiger partial charge on any atom is -0.289 e. The van der Waals surface area contributed by atoms with E-state index in [9.17, 15) is 4.79 Å². The van der Waals surface area contributed by atoms with Crippen molar-refractivity contribution in [3.05, 3.63) is 87.5 Å². The molecule has 0 aliphatic heterocycles. The molecule has 0 atom stereocenters. The summed E-state index contributed by atoms with van der Waals surface area (Å²) in [7, 11) is 0. The molecular weight excluding hydrogens is 371 g/mol. The Bertz CT molecular complexity index is 834. The van der Waals surface area contributed by atoms with Gasteiger partial charge in [0.25, 0.3) is 0 Å². The summed E-state index contributed by atoms with van der Waals surface area (Å²) in [4.78, 5) is 12.2. The number of carbonyl (C=O) groups is 1. The summed E-state index contributed by atoms with van der Waals surface area (Å²) < 4.78 is 0.975. The number of fused-ring (bicyclic) bond motifs is 1. The highest BCUT2D eigenvalue weighted by atomic mass is 127. The summed E-state index contributed by atoms with van der Waals surface area (Å²) in [5, 5.41) is 2.39. The largest absolute Gasteiger partial charge is 0.289 e. The molecule has 3 aromatic rings. The first-order chi connectivity index (χ1) is 10.2. The zero-order valence-electron chi connectivity index (χ0n) is 11.3. The van der Waals surface area contributed by atoms with Crippen molar-refractivity contribution in [3.63, 3.8) is 0 Å². The highest BCUT2D eigenvalue weighted by Gasteiger charge is 2.05. The zero-order chi connectivity index (χ0) is 14.7. The maximum Gasteiger partial charge on any atom is 0.186 e. The zero-order valence-corrected chi connectivity index (χ0v) is 13.4. The van der Waals surface area contributed by atoms with E-state index in [4.69, 9.17) is 0 Å². The van der Waals surface area contributed by atoms with E-state index >= 15 is 0 Å². The van der Waals surface area contributed by atoms with Crippen LogP contribution in [-0.2, 0) is 0 Å². The van der Waals surface area contributed by atoms with E-state index in [1.54, 1.807) is 6.08 Å². The molecule has 0 saturated heterocycles. The predicted octanol–water partition coefficient (Wildman–Crippen LogP) is 5.34. The molecular formula is C19H13IO. The molecule has 0 aliphatic carbocycles. The first kappa shape index (κ1) is 14.0. The third-order valence-electron chi connectivity index (χ3n) is 3.34. The maximum atomic E-state index is 12.2. The number of allylic oxidation sites excluding steroid dienone is 1. The monoisotopic (exact) mass is 384 g/mol. The molecule has 1 nitrogen and oxygen atoms in total. The SMILES string of the molecule is O=C(/C=C/c1ccc2ccccc2c1)c1ccccc1I. The summed E-state index contributed by atoms with van der Waals surface area (Å²) in [5.74, 6) is 0.0353. The van der Waals surface area contributed by atoms with E-state index in [1.807, 2.05) is 48.5 Å². The number of benzene rings is 3. The van der Waals surface area contributed by atoms with Gasteiger partial charge in [0.1, 0.15) is 0 Å². The van der Waals surface area contributed by atoms with Crippen LogP contribution in [-0.4, -0.2) is 5.78 Å². The summed E-state index contributed by atoms with van der Waals surface area (Å²) in [6, 6.07) is 22.0. The van der Waals surface area contributed by atoms with E-state index < -0.39 is 0 Å². The Labute approximate surface area is 137 Å². The van der Waals surface area contributed by atoms with E-state index in [2.05, 4.69) is 46.9 Å². The molecule has 3 rings (SSSR count). The van der Waals surface area contributed by atoms with Gasteiger partial charge in [-0.25, -0.2) is 0 Å². The highest BCUT2D eigenvalue weighted by Crippen LogP contribution is 2.17. The molecule has 2 heteroatoms. The molecule has 21 heavy (non-hydrogen) atoms. The second kappa shape index (κ2) is 6.22. The number of hydrogen-bond acceptors (Lipinski definition) is 1. The Hall–Kier alpha value is -1.94. The Morgan fingerprint density at radius 2 is 1.57 bits per heavy atom. The van der Waals surface area contributed by atoms with Crippen LogP contribution in [0.2, 0.25) is 0 Å². The quantitative estimate of drug-likeness (QED) is 0.339. The minimum absolute atomic E-state index is 0.0353. The van der Waals surface area contributed by atoms with Crippen LogP contribution in [0.3, 0.4) is 0 Å². The van der Waals surface area contributed by atoms with Gasteiger partial charge < -0.3 is 0 Å².